The van der Waals surface area contributed by atoms with Crippen molar-refractivity contribution in [2.45, 2.75) is 24.8 Å². The Bertz CT molecular complexity index is 1500. The quantitative estimate of drug-likeness (QED) is 0.263. The summed E-state index contributed by atoms with van der Waals surface area (Å²) in [6, 6.07) is 41.4. The molecule has 2 atom stereocenters. The van der Waals surface area contributed by atoms with Gasteiger partial charge >= 0.3 is 0 Å². The topological polar surface area (TPSA) is 49.4 Å². The Morgan fingerprint density at radius 3 is 1.80 bits per heavy atom. The first kappa shape index (κ1) is 26.4. The third-order valence-corrected chi connectivity index (χ3v) is 13.0. The van der Waals surface area contributed by atoms with Crippen molar-refractivity contribution in [3.05, 3.63) is 138 Å². The number of β-lactam (4-membered cyclic amide) rings is 1. The smallest absolute Gasteiger partial charge is 0.253 e. The van der Waals surface area contributed by atoms with E-state index in [0.717, 1.165) is 17.0 Å². The second-order valence-electron chi connectivity index (χ2n) is 10.1. The molecule has 0 bridgehead atoms. The zero-order chi connectivity index (χ0) is 27.5. The molecule has 1 saturated heterocycles. The summed E-state index contributed by atoms with van der Waals surface area (Å²) in [6.45, 7) is -0.132. The van der Waals surface area contributed by atoms with Crippen molar-refractivity contribution in [2.24, 2.45) is 0 Å². The van der Waals surface area contributed by atoms with Crippen LogP contribution in [0.15, 0.2) is 133 Å². The molecule has 200 valence electrons. The van der Waals surface area contributed by atoms with Gasteiger partial charge in [-0.05, 0) is 46.7 Å². The number of hydrogen-bond donors (Lipinski definition) is 1. The van der Waals surface area contributed by atoms with Gasteiger partial charge in [0.2, 0.25) is 5.91 Å². The van der Waals surface area contributed by atoms with E-state index in [-0.39, 0.29) is 23.6 Å². The SMILES string of the molecule is CC1=C(C=P(c2ccccc2)(c2ccccc2)c2ccccc2)CSC2C(NC(=O)Cc3ccccc3)C(=O)N12. The van der Waals surface area contributed by atoms with E-state index in [9.17, 15) is 9.59 Å². The maximum Gasteiger partial charge on any atom is 0.253 e. The fourth-order valence-corrected chi connectivity index (χ4v) is 11.2. The number of nitrogens with one attached hydrogen (secondary N) is 1. The number of carbonyl (C=O) groups excluding carboxylic acids is 2. The van der Waals surface area contributed by atoms with E-state index in [0.29, 0.717) is 0 Å². The van der Waals surface area contributed by atoms with Gasteiger partial charge < -0.3 is 5.32 Å². The number of carbonyl (C=O) groups is 2. The van der Waals surface area contributed by atoms with Crippen molar-refractivity contribution >= 4 is 52.2 Å². The van der Waals surface area contributed by atoms with Crippen molar-refractivity contribution in [3.63, 3.8) is 0 Å². The number of rotatable bonds is 7. The van der Waals surface area contributed by atoms with E-state index in [2.05, 4.69) is 102 Å². The highest BCUT2D eigenvalue weighted by Crippen LogP contribution is 2.47. The van der Waals surface area contributed by atoms with Gasteiger partial charge in [0.1, 0.15) is 11.4 Å². The van der Waals surface area contributed by atoms with Crippen molar-refractivity contribution < 1.29 is 9.59 Å². The number of nitrogens with zero attached hydrogens (tertiary/aromatic N) is 1. The minimum absolute atomic E-state index is 0.0370. The molecule has 0 spiro atoms. The van der Waals surface area contributed by atoms with E-state index >= 15 is 0 Å². The van der Waals surface area contributed by atoms with Crippen LogP contribution in [0.2, 0.25) is 0 Å². The predicted molar refractivity (Wildman–Crippen MR) is 169 cm³/mol. The molecule has 0 aliphatic carbocycles. The molecule has 0 saturated carbocycles. The van der Waals surface area contributed by atoms with E-state index in [1.54, 1.807) is 11.8 Å². The number of hydrogen-bond acceptors (Lipinski definition) is 3. The summed E-state index contributed by atoms with van der Waals surface area (Å²) in [7, 11) is 0. The minimum atomic E-state index is -2.18. The molecular formula is C34H31N2O2PS. The van der Waals surface area contributed by atoms with Crippen molar-refractivity contribution in [2.75, 3.05) is 5.75 Å². The van der Waals surface area contributed by atoms with Crippen molar-refractivity contribution in [1.29, 1.82) is 0 Å². The highest BCUT2D eigenvalue weighted by Gasteiger charge is 2.51. The van der Waals surface area contributed by atoms with Gasteiger partial charge in [-0.25, -0.2) is 0 Å². The van der Waals surface area contributed by atoms with Gasteiger partial charge in [0.15, 0.2) is 0 Å². The molecule has 2 aliphatic heterocycles. The van der Waals surface area contributed by atoms with Crippen molar-refractivity contribution in [1.82, 2.24) is 10.2 Å². The lowest BCUT2D eigenvalue weighted by Crippen LogP contribution is -2.69. The normalized spacial score (nSPS) is 18.5. The summed E-state index contributed by atoms with van der Waals surface area (Å²) in [5.41, 5.74) is 3.10. The van der Waals surface area contributed by atoms with Crippen LogP contribution in [0.5, 0.6) is 0 Å². The molecule has 6 heteroatoms. The molecular weight excluding hydrogens is 531 g/mol. The summed E-state index contributed by atoms with van der Waals surface area (Å²) < 4.78 is 0. The Morgan fingerprint density at radius 2 is 1.30 bits per heavy atom. The first-order valence-electron chi connectivity index (χ1n) is 13.5. The summed E-state index contributed by atoms with van der Waals surface area (Å²) in [4.78, 5) is 28.0. The lowest BCUT2D eigenvalue weighted by molar-refractivity contribution is -0.145. The van der Waals surface area contributed by atoms with Gasteiger partial charge in [-0.2, -0.15) is 0 Å². The van der Waals surface area contributed by atoms with Crippen molar-refractivity contribution in [3.8, 4) is 0 Å². The Hall–Kier alpha value is -3.79. The third-order valence-electron chi connectivity index (χ3n) is 7.64. The van der Waals surface area contributed by atoms with Crippen LogP contribution in [0.25, 0.3) is 0 Å². The standard InChI is InChI=1S/C34H31N2O2PS/c1-25-27(24-40-34-32(33(38)36(25)34)35-31(37)22-26-14-6-2-7-15-26)23-39(28-16-8-3-9-17-28,29-18-10-4-11-19-29)30-20-12-5-13-21-30/h2-21,23,32,34H,22,24H2,1H3,(H,35,37). The summed E-state index contributed by atoms with van der Waals surface area (Å²) in [6.07, 6.45) is 0.272. The van der Waals surface area contributed by atoms with Gasteiger partial charge in [0.05, 0.1) is 6.42 Å². The van der Waals surface area contributed by atoms with Crippen LogP contribution in [0.4, 0.5) is 0 Å². The third kappa shape index (κ3) is 4.85. The second-order valence-corrected chi connectivity index (χ2v) is 14.4. The molecule has 0 radical (unpaired) electrons. The minimum Gasteiger partial charge on any atom is -0.341 e. The average Bonchev–Trinajstić information content (AvgIpc) is 3.01. The van der Waals surface area contributed by atoms with Gasteiger partial charge in [-0.3, -0.25) is 14.5 Å². The molecule has 4 aromatic carbocycles. The maximum atomic E-state index is 13.4. The molecule has 4 aromatic rings. The molecule has 1 N–H and O–H groups in total. The van der Waals surface area contributed by atoms with Gasteiger partial charge in [0, 0.05) is 11.4 Å². The Balaban J connectivity index is 1.38. The van der Waals surface area contributed by atoms with Gasteiger partial charge in [-0.15, -0.1) is 11.8 Å². The highest BCUT2D eigenvalue weighted by molar-refractivity contribution is 8.00. The first-order chi connectivity index (χ1) is 19.6. The monoisotopic (exact) mass is 562 g/mol. The lowest BCUT2D eigenvalue weighted by Gasteiger charge is -2.50. The number of benzene rings is 4. The fraction of sp³-hybridized carbons (Fsp3) is 0.147. The largest absolute Gasteiger partial charge is 0.341 e. The van der Waals surface area contributed by atoms with Gasteiger partial charge in [-0.1, -0.05) is 121 Å². The number of thioether (sulfide) groups is 1. The molecule has 40 heavy (non-hydrogen) atoms. The van der Waals surface area contributed by atoms with E-state index in [4.69, 9.17) is 0 Å². The molecule has 0 aromatic heterocycles. The van der Waals surface area contributed by atoms with Crippen LogP contribution >= 0.6 is 18.6 Å². The summed E-state index contributed by atoms with van der Waals surface area (Å²) in [5, 5.41) is 6.75. The Morgan fingerprint density at radius 1 is 0.825 bits per heavy atom. The average molecular weight is 563 g/mol. The van der Waals surface area contributed by atoms with Crippen LogP contribution in [0, 0.1) is 0 Å². The van der Waals surface area contributed by atoms with E-state index in [1.807, 2.05) is 42.2 Å². The molecule has 2 amide bonds. The molecule has 4 nitrogen and oxygen atoms in total. The molecule has 2 unspecified atom stereocenters. The number of fused-ring (bicyclic) bond motifs is 1. The molecule has 2 heterocycles. The van der Waals surface area contributed by atoms with E-state index in [1.165, 1.54) is 21.5 Å². The Kier molecular flexibility index (Phi) is 7.51. The molecule has 2 aliphatic rings. The molecule has 6 rings (SSSR count). The maximum absolute atomic E-state index is 13.4. The lowest BCUT2D eigenvalue weighted by atomic mass is 10.0. The summed E-state index contributed by atoms with van der Waals surface area (Å²) >= 11 is 1.73. The summed E-state index contributed by atoms with van der Waals surface area (Å²) in [5.74, 6) is 3.08. The predicted octanol–water partition coefficient (Wildman–Crippen LogP) is 4.70. The van der Waals surface area contributed by atoms with Crippen LogP contribution in [-0.2, 0) is 16.0 Å². The zero-order valence-corrected chi connectivity index (χ0v) is 24.0. The van der Waals surface area contributed by atoms with Crippen LogP contribution < -0.4 is 21.2 Å². The highest BCUT2D eigenvalue weighted by atomic mass is 32.2. The second kappa shape index (κ2) is 11.4. The number of amides is 2. The Labute approximate surface area is 240 Å². The zero-order valence-electron chi connectivity index (χ0n) is 22.3. The van der Waals surface area contributed by atoms with Gasteiger partial charge in [0.25, 0.3) is 5.91 Å². The van der Waals surface area contributed by atoms with Crippen LogP contribution in [-0.4, -0.2) is 39.7 Å². The number of allylic oxidation sites excluding steroid dienone is 1. The van der Waals surface area contributed by atoms with Crippen LogP contribution in [0.3, 0.4) is 0 Å². The fourth-order valence-electron chi connectivity index (χ4n) is 5.59. The van der Waals surface area contributed by atoms with Crippen LogP contribution in [0.1, 0.15) is 12.5 Å². The molecule has 1 fully saturated rings. The first-order valence-corrected chi connectivity index (χ1v) is 16.4. The van der Waals surface area contributed by atoms with E-state index < -0.39 is 12.9 Å².